The predicted molar refractivity (Wildman–Crippen MR) is 249 cm³/mol. The van der Waals surface area contributed by atoms with Crippen LogP contribution >= 0.6 is 0 Å². The van der Waals surface area contributed by atoms with E-state index >= 15 is 0 Å². The lowest BCUT2D eigenvalue weighted by Crippen LogP contribution is -2.50. The first-order valence-corrected chi connectivity index (χ1v) is 23.3. The molecule has 12 rings (SSSR count). The summed E-state index contributed by atoms with van der Waals surface area (Å²) in [5, 5.41) is 7.69. The summed E-state index contributed by atoms with van der Waals surface area (Å²) in [6.07, 6.45) is 0. The normalized spacial score (nSPS) is 13.1. The molecule has 0 N–H and O–H groups in total. The minimum absolute atomic E-state index is 0.761. The Morgan fingerprint density at radius 3 is 1.73 bits per heavy atom. The van der Waals surface area contributed by atoms with Gasteiger partial charge in [-0.05, 0) is 81.7 Å². The summed E-state index contributed by atoms with van der Waals surface area (Å²) in [7, 11) is -2.15. The molecule has 4 nitrogen and oxygen atoms in total. The first-order valence-electron chi connectivity index (χ1n) is 20.3. The number of benzene rings is 8. The topological polar surface area (TPSA) is 35.6 Å². The van der Waals surface area contributed by atoms with E-state index in [4.69, 9.17) is 9.97 Å². The Morgan fingerprint density at radius 1 is 0.390 bits per heavy atom. The standard InChI is InChI=1S/C54H38N4Si/c1-59(2)49-30-14-11-25-43(49)52-53(59)51(55-54(56-52)35-17-5-3-6-18-35)37-20-15-19-36(33-37)40-26-16-29-48-50(40)44-34-39(31-32-47(44)57(48)38-21-7-4-8-22-38)58-45-27-12-9-23-41(45)42-24-10-13-28-46(42)58/h3-34H,1-2H3. The Morgan fingerprint density at radius 2 is 0.949 bits per heavy atom. The molecule has 1 aliphatic heterocycles. The van der Waals surface area contributed by atoms with Crippen molar-refractivity contribution in [2.75, 3.05) is 0 Å². The lowest BCUT2D eigenvalue weighted by Gasteiger charge is -2.22. The van der Waals surface area contributed by atoms with E-state index < -0.39 is 8.07 Å². The molecule has 0 saturated heterocycles. The number of nitrogens with zero attached hydrogens (tertiary/aromatic N) is 4. The molecule has 0 spiro atoms. The Hall–Kier alpha value is -7.34. The Bertz CT molecular complexity index is 3420. The molecule has 59 heavy (non-hydrogen) atoms. The molecule has 4 heterocycles. The van der Waals surface area contributed by atoms with Crippen molar-refractivity contribution in [3.8, 4) is 56.4 Å². The number of fused-ring (bicyclic) bond motifs is 9. The molecule has 3 aromatic heterocycles. The third-order valence-electron chi connectivity index (χ3n) is 12.5. The van der Waals surface area contributed by atoms with E-state index in [-0.39, 0.29) is 0 Å². The first kappa shape index (κ1) is 33.8. The van der Waals surface area contributed by atoms with Crippen LogP contribution in [0.2, 0.25) is 13.1 Å². The molecular weight excluding hydrogens is 733 g/mol. The summed E-state index contributed by atoms with van der Waals surface area (Å²) >= 11 is 0. The van der Waals surface area contributed by atoms with E-state index in [1.54, 1.807) is 0 Å². The number of hydrogen-bond donors (Lipinski definition) is 0. The van der Waals surface area contributed by atoms with E-state index in [1.807, 2.05) is 6.07 Å². The average molecular weight is 771 g/mol. The molecule has 1 aliphatic rings. The minimum Gasteiger partial charge on any atom is -0.309 e. The highest BCUT2D eigenvalue weighted by molar-refractivity contribution is 7.04. The second kappa shape index (κ2) is 12.8. The zero-order valence-corrected chi connectivity index (χ0v) is 33.8. The van der Waals surface area contributed by atoms with Gasteiger partial charge in [0.25, 0.3) is 0 Å². The molecule has 0 aliphatic carbocycles. The molecule has 0 bridgehead atoms. The third-order valence-corrected chi connectivity index (χ3v) is 16.0. The molecule has 0 radical (unpaired) electrons. The zero-order valence-electron chi connectivity index (χ0n) is 32.8. The van der Waals surface area contributed by atoms with Gasteiger partial charge in [-0.15, -0.1) is 0 Å². The monoisotopic (exact) mass is 770 g/mol. The smallest absolute Gasteiger partial charge is 0.160 e. The maximum atomic E-state index is 5.46. The lowest BCUT2D eigenvalue weighted by atomic mass is 9.96. The van der Waals surface area contributed by atoms with Gasteiger partial charge < -0.3 is 9.13 Å². The van der Waals surface area contributed by atoms with Gasteiger partial charge in [-0.25, -0.2) is 9.97 Å². The number of para-hydroxylation sites is 3. The summed E-state index contributed by atoms with van der Waals surface area (Å²) in [4.78, 5) is 10.8. The predicted octanol–water partition coefficient (Wildman–Crippen LogP) is 12.5. The van der Waals surface area contributed by atoms with E-state index in [9.17, 15) is 0 Å². The second-order valence-electron chi connectivity index (χ2n) is 16.2. The highest BCUT2D eigenvalue weighted by Crippen LogP contribution is 2.42. The Labute approximate surface area is 343 Å². The van der Waals surface area contributed by atoms with Crippen molar-refractivity contribution >= 4 is 62.1 Å². The van der Waals surface area contributed by atoms with Gasteiger partial charge >= 0.3 is 0 Å². The minimum atomic E-state index is -2.15. The van der Waals surface area contributed by atoms with Crippen LogP contribution in [0.15, 0.2) is 194 Å². The van der Waals surface area contributed by atoms with Gasteiger partial charge in [-0.3, -0.25) is 0 Å². The number of aromatic nitrogens is 4. The van der Waals surface area contributed by atoms with Gasteiger partial charge in [0, 0.05) is 44.0 Å². The number of rotatable bonds is 5. The molecular formula is C54H38N4Si. The van der Waals surface area contributed by atoms with E-state index in [0.29, 0.717) is 0 Å². The van der Waals surface area contributed by atoms with Crippen LogP contribution in [-0.2, 0) is 0 Å². The van der Waals surface area contributed by atoms with Crippen LogP contribution < -0.4 is 10.4 Å². The molecule has 278 valence electrons. The van der Waals surface area contributed by atoms with Crippen LogP contribution in [0, 0.1) is 0 Å². The molecule has 5 heteroatoms. The van der Waals surface area contributed by atoms with Crippen molar-refractivity contribution in [1.29, 1.82) is 0 Å². The fraction of sp³-hybridized carbons (Fsp3) is 0.0370. The molecule has 11 aromatic rings. The summed E-state index contributed by atoms with van der Waals surface area (Å²) in [5.74, 6) is 0.761. The maximum Gasteiger partial charge on any atom is 0.160 e. The van der Waals surface area contributed by atoms with Crippen LogP contribution in [0.1, 0.15) is 0 Å². The van der Waals surface area contributed by atoms with Crippen molar-refractivity contribution in [1.82, 2.24) is 19.1 Å². The van der Waals surface area contributed by atoms with Gasteiger partial charge in [0.05, 0.1) is 33.5 Å². The third kappa shape index (κ3) is 5.01. The van der Waals surface area contributed by atoms with Crippen molar-refractivity contribution in [2.45, 2.75) is 13.1 Å². The van der Waals surface area contributed by atoms with E-state index in [2.05, 4.69) is 210 Å². The van der Waals surface area contributed by atoms with Crippen molar-refractivity contribution < 1.29 is 0 Å². The van der Waals surface area contributed by atoms with Crippen LogP contribution in [0.3, 0.4) is 0 Å². The summed E-state index contributed by atoms with van der Waals surface area (Å²) in [6.45, 7) is 4.90. The maximum absolute atomic E-state index is 5.46. The van der Waals surface area contributed by atoms with E-state index in [1.165, 1.54) is 65.1 Å². The Balaban J connectivity index is 1.12. The molecule has 0 atom stereocenters. The largest absolute Gasteiger partial charge is 0.309 e. The van der Waals surface area contributed by atoms with Crippen LogP contribution in [0.4, 0.5) is 0 Å². The van der Waals surface area contributed by atoms with Gasteiger partial charge in [-0.1, -0.05) is 153 Å². The quantitative estimate of drug-likeness (QED) is 0.163. The highest BCUT2D eigenvalue weighted by atomic mass is 28.3. The SMILES string of the molecule is C[Si]1(C)c2ccccc2-c2nc(-c3ccccc3)nc(-c3cccc(-c4cccc5c4c4cc(-n6c7ccccc7c7ccccc76)ccc4n5-c4ccccc4)c3)c21. The Kier molecular flexibility index (Phi) is 7.34. The molecule has 0 amide bonds. The summed E-state index contributed by atoms with van der Waals surface area (Å²) in [6, 6.07) is 70.3. The summed E-state index contributed by atoms with van der Waals surface area (Å²) in [5.41, 5.74) is 14.9. The average Bonchev–Trinajstić information content (AvgIpc) is 3.89. The van der Waals surface area contributed by atoms with Gasteiger partial charge in [0.15, 0.2) is 5.82 Å². The van der Waals surface area contributed by atoms with Crippen LogP contribution in [0.25, 0.3) is 100 Å². The van der Waals surface area contributed by atoms with E-state index in [0.717, 1.165) is 45.3 Å². The van der Waals surface area contributed by atoms with Gasteiger partial charge in [0.2, 0.25) is 0 Å². The molecule has 0 saturated carbocycles. The van der Waals surface area contributed by atoms with Gasteiger partial charge in [0.1, 0.15) is 8.07 Å². The molecule has 8 aromatic carbocycles. The van der Waals surface area contributed by atoms with Crippen molar-refractivity contribution in [2.24, 2.45) is 0 Å². The molecule has 0 unspecified atom stereocenters. The zero-order chi connectivity index (χ0) is 39.2. The van der Waals surface area contributed by atoms with Crippen LogP contribution in [0.5, 0.6) is 0 Å². The first-order chi connectivity index (χ1) is 29.0. The summed E-state index contributed by atoms with van der Waals surface area (Å²) < 4.78 is 4.84. The fourth-order valence-corrected chi connectivity index (χ4v) is 13.1. The van der Waals surface area contributed by atoms with Crippen molar-refractivity contribution in [3.05, 3.63) is 194 Å². The molecule has 0 fully saturated rings. The van der Waals surface area contributed by atoms with Gasteiger partial charge in [-0.2, -0.15) is 0 Å². The van der Waals surface area contributed by atoms with Crippen molar-refractivity contribution in [3.63, 3.8) is 0 Å². The number of hydrogen-bond acceptors (Lipinski definition) is 2. The lowest BCUT2D eigenvalue weighted by molar-refractivity contribution is 1.17. The van der Waals surface area contributed by atoms with Crippen LogP contribution in [-0.4, -0.2) is 27.2 Å². The highest BCUT2D eigenvalue weighted by Gasteiger charge is 2.41. The fourth-order valence-electron chi connectivity index (χ4n) is 9.87. The second-order valence-corrected chi connectivity index (χ2v) is 20.5.